The summed E-state index contributed by atoms with van der Waals surface area (Å²) >= 11 is 0. The third-order valence-electron chi connectivity index (χ3n) is 9.47. The molecule has 9 aromatic rings. The highest BCUT2D eigenvalue weighted by molar-refractivity contribution is 5.83. The summed E-state index contributed by atoms with van der Waals surface area (Å²) in [6.07, 6.45) is 2.14. The maximum Gasteiger partial charge on any atom is 0.235 e. The van der Waals surface area contributed by atoms with Crippen molar-refractivity contribution in [3.63, 3.8) is 0 Å². The minimum absolute atomic E-state index is 0.610. The highest BCUT2D eigenvalue weighted by Gasteiger charge is 2.19. The Labute approximate surface area is 303 Å². The number of fused-ring (bicyclic) bond motifs is 1. The van der Waals surface area contributed by atoms with E-state index in [0.717, 1.165) is 50.7 Å². The summed E-state index contributed by atoms with van der Waals surface area (Å²) in [5.41, 5.74) is 12.8. The van der Waals surface area contributed by atoms with Crippen LogP contribution < -0.4 is 4.90 Å². The minimum Gasteiger partial charge on any atom is -0.317 e. The molecule has 4 nitrogen and oxygen atoms in total. The van der Waals surface area contributed by atoms with E-state index in [0.29, 0.717) is 5.95 Å². The Morgan fingerprint density at radius 2 is 0.865 bits per heavy atom. The third-order valence-corrected chi connectivity index (χ3v) is 9.47. The molecule has 0 fully saturated rings. The molecule has 0 saturated heterocycles. The van der Waals surface area contributed by atoms with Crippen LogP contribution in [0.15, 0.2) is 206 Å². The van der Waals surface area contributed by atoms with Gasteiger partial charge in [-0.2, -0.15) is 0 Å². The maximum atomic E-state index is 5.15. The van der Waals surface area contributed by atoms with E-state index in [4.69, 9.17) is 9.97 Å². The van der Waals surface area contributed by atoms with Crippen LogP contribution in [0.2, 0.25) is 0 Å². The van der Waals surface area contributed by atoms with Crippen LogP contribution in [0.1, 0.15) is 0 Å². The fourth-order valence-electron chi connectivity index (χ4n) is 6.81. The SMILES string of the molecule is c1ccc(-c2cc(-c3ccccc3)nc(N(c3ccccc3)c3ccc(-c4ccc(-c5cccc(-n6ccc7ccccc76)c5)cc4)cc3)n2)cc1. The molecule has 0 amide bonds. The van der Waals surface area contributed by atoms with Crippen molar-refractivity contribution in [2.24, 2.45) is 0 Å². The number of aromatic nitrogens is 3. The number of anilines is 3. The zero-order valence-corrected chi connectivity index (χ0v) is 28.4. The Morgan fingerprint density at radius 1 is 0.365 bits per heavy atom. The van der Waals surface area contributed by atoms with Gasteiger partial charge in [-0.3, -0.25) is 4.90 Å². The van der Waals surface area contributed by atoms with Crippen molar-refractivity contribution in [2.75, 3.05) is 4.90 Å². The first-order chi connectivity index (χ1) is 25.8. The quantitative estimate of drug-likeness (QED) is 0.162. The number of nitrogens with zero attached hydrogens (tertiary/aromatic N) is 4. The van der Waals surface area contributed by atoms with Crippen LogP contribution >= 0.6 is 0 Å². The predicted molar refractivity (Wildman–Crippen MR) is 215 cm³/mol. The van der Waals surface area contributed by atoms with Crippen molar-refractivity contribution in [2.45, 2.75) is 0 Å². The average molecular weight is 667 g/mol. The lowest BCUT2D eigenvalue weighted by molar-refractivity contribution is 1.09. The normalized spacial score (nSPS) is 11.1. The summed E-state index contributed by atoms with van der Waals surface area (Å²) < 4.78 is 2.25. The van der Waals surface area contributed by atoms with Crippen LogP contribution in [0.25, 0.3) is 61.4 Å². The van der Waals surface area contributed by atoms with E-state index in [1.54, 1.807) is 0 Å². The van der Waals surface area contributed by atoms with Crippen LogP contribution in [0.3, 0.4) is 0 Å². The molecule has 2 heterocycles. The molecule has 7 aromatic carbocycles. The fraction of sp³-hybridized carbons (Fsp3) is 0. The van der Waals surface area contributed by atoms with Crippen molar-refractivity contribution in [3.05, 3.63) is 206 Å². The molecule has 0 N–H and O–H groups in total. The lowest BCUT2D eigenvalue weighted by Crippen LogP contribution is -2.14. The van der Waals surface area contributed by atoms with Crippen molar-refractivity contribution < 1.29 is 0 Å². The van der Waals surface area contributed by atoms with Gasteiger partial charge in [0.05, 0.1) is 16.9 Å². The molecule has 0 aliphatic heterocycles. The predicted octanol–water partition coefficient (Wildman–Crippen LogP) is 12.6. The van der Waals surface area contributed by atoms with E-state index < -0.39 is 0 Å². The molecule has 0 atom stereocenters. The standard InChI is InChI=1S/C48H34N4/c1-4-13-38(14-5-1)45-34-46(39-15-6-2-7-16-39)50-48(49-45)52(42-19-8-3-9-20-42)43-29-27-36(28-30-43)35-23-25-37(26-24-35)41-18-12-21-44(33-41)51-32-31-40-17-10-11-22-47(40)51/h1-34H. The first kappa shape index (κ1) is 31.0. The highest BCUT2D eigenvalue weighted by atomic mass is 15.3. The van der Waals surface area contributed by atoms with Gasteiger partial charge in [0.25, 0.3) is 0 Å². The first-order valence-corrected chi connectivity index (χ1v) is 17.5. The molecule has 2 aromatic heterocycles. The molecule has 4 heteroatoms. The minimum atomic E-state index is 0.610. The van der Waals surface area contributed by atoms with E-state index in [1.165, 1.54) is 22.0 Å². The van der Waals surface area contributed by atoms with Gasteiger partial charge in [0.2, 0.25) is 5.95 Å². The summed E-state index contributed by atoms with van der Waals surface area (Å²) in [6.45, 7) is 0. The maximum absolute atomic E-state index is 5.15. The van der Waals surface area contributed by atoms with Gasteiger partial charge in [-0.25, -0.2) is 9.97 Å². The second-order valence-electron chi connectivity index (χ2n) is 12.8. The van der Waals surface area contributed by atoms with Gasteiger partial charge in [0, 0.05) is 34.4 Å². The Balaban J connectivity index is 1.05. The van der Waals surface area contributed by atoms with Crippen LogP contribution in [0, 0.1) is 0 Å². The van der Waals surface area contributed by atoms with Crippen LogP contribution in [-0.2, 0) is 0 Å². The highest BCUT2D eigenvalue weighted by Crippen LogP contribution is 2.37. The van der Waals surface area contributed by atoms with Gasteiger partial charge < -0.3 is 4.57 Å². The summed E-state index contributed by atoms with van der Waals surface area (Å²) in [5.74, 6) is 0.610. The molecule has 246 valence electrons. The van der Waals surface area contributed by atoms with E-state index in [9.17, 15) is 0 Å². The number of benzene rings is 7. The molecule has 9 rings (SSSR count). The van der Waals surface area contributed by atoms with E-state index in [-0.39, 0.29) is 0 Å². The zero-order chi connectivity index (χ0) is 34.7. The van der Waals surface area contributed by atoms with Crippen molar-refractivity contribution >= 4 is 28.2 Å². The van der Waals surface area contributed by atoms with E-state index >= 15 is 0 Å². The van der Waals surface area contributed by atoms with Crippen LogP contribution in [-0.4, -0.2) is 14.5 Å². The molecule has 0 aliphatic carbocycles. The van der Waals surface area contributed by atoms with Gasteiger partial charge in [-0.15, -0.1) is 0 Å². The topological polar surface area (TPSA) is 34.0 Å². The Morgan fingerprint density at radius 3 is 1.50 bits per heavy atom. The lowest BCUT2D eigenvalue weighted by Gasteiger charge is -2.24. The Kier molecular flexibility index (Phi) is 8.16. The molecule has 0 radical (unpaired) electrons. The van der Waals surface area contributed by atoms with E-state index in [1.807, 2.05) is 54.6 Å². The molecule has 0 aliphatic rings. The van der Waals surface area contributed by atoms with Crippen molar-refractivity contribution in [1.29, 1.82) is 0 Å². The number of hydrogen-bond donors (Lipinski definition) is 0. The summed E-state index contributed by atoms with van der Waals surface area (Å²) in [5, 5.41) is 1.24. The van der Waals surface area contributed by atoms with Gasteiger partial charge >= 0.3 is 0 Å². The summed E-state index contributed by atoms with van der Waals surface area (Å²) in [6, 6.07) is 69.9. The van der Waals surface area contributed by atoms with Crippen LogP contribution in [0.5, 0.6) is 0 Å². The van der Waals surface area contributed by atoms with Gasteiger partial charge in [0.15, 0.2) is 0 Å². The van der Waals surface area contributed by atoms with Gasteiger partial charge in [-0.1, -0.05) is 146 Å². The molecule has 0 saturated carbocycles. The van der Waals surface area contributed by atoms with Gasteiger partial charge in [-0.05, 0) is 82.2 Å². The first-order valence-electron chi connectivity index (χ1n) is 17.5. The second kappa shape index (κ2) is 13.7. The molecule has 52 heavy (non-hydrogen) atoms. The van der Waals surface area contributed by atoms with Crippen molar-refractivity contribution in [1.82, 2.24) is 14.5 Å². The molecule has 0 spiro atoms. The fourth-order valence-corrected chi connectivity index (χ4v) is 6.81. The molecular formula is C48H34N4. The largest absolute Gasteiger partial charge is 0.317 e. The molecule has 0 unspecified atom stereocenters. The lowest BCUT2D eigenvalue weighted by atomic mass is 9.99. The van der Waals surface area contributed by atoms with Gasteiger partial charge in [0.1, 0.15) is 0 Å². The monoisotopic (exact) mass is 666 g/mol. The molecule has 0 bridgehead atoms. The third kappa shape index (κ3) is 6.14. The Hall–Kier alpha value is -7.04. The number of hydrogen-bond acceptors (Lipinski definition) is 3. The number of para-hydroxylation sites is 2. The smallest absolute Gasteiger partial charge is 0.235 e. The second-order valence-corrected chi connectivity index (χ2v) is 12.8. The van der Waals surface area contributed by atoms with Crippen molar-refractivity contribution in [3.8, 4) is 50.5 Å². The molecular weight excluding hydrogens is 633 g/mol. The van der Waals surface area contributed by atoms with Crippen LogP contribution in [0.4, 0.5) is 17.3 Å². The zero-order valence-electron chi connectivity index (χ0n) is 28.4. The number of rotatable bonds is 8. The summed E-state index contributed by atoms with van der Waals surface area (Å²) in [7, 11) is 0. The van der Waals surface area contributed by atoms with E-state index in [2.05, 4.69) is 161 Å². The average Bonchev–Trinajstić information content (AvgIpc) is 3.67. The summed E-state index contributed by atoms with van der Waals surface area (Å²) in [4.78, 5) is 12.4. The Bertz CT molecular complexity index is 2540.